The van der Waals surface area contributed by atoms with Crippen LogP contribution in [0.1, 0.15) is 5.56 Å². The van der Waals surface area contributed by atoms with Crippen molar-refractivity contribution in [2.24, 2.45) is 0 Å². The predicted molar refractivity (Wildman–Crippen MR) is 335 cm³/mol. The Balaban J connectivity index is 1.16. The van der Waals surface area contributed by atoms with E-state index in [-0.39, 0.29) is 11.3 Å². The molecule has 0 N–H and O–H groups in total. The Morgan fingerprint density at radius 1 is 0.325 bits per heavy atom. The van der Waals surface area contributed by atoms with E-state index in [1.807, 2.05) is 91.0 Å². The summed E-state index contributed by atoms with van der Waals surface area (Å²) in [4.78, 5) is 4.90. The van der Waals surface area contributed by atoms with Crippen LogP contribution in [0.2, 0.25) is 0 Å². The van der Waals surface area contributed by atoms with Crippen molar-refractivity contribution in [3.63, 3.8) is 0 Å². The third-order valence-corrected chi connectivity index (χ3v) is 17.5. The van der Waals surface area contributed by atoms with Crippen LogP contribution in [-0.2, 0) is 0 Å². The molecule has 0 aliphatic carbocycles. The van der Waals surface area contributed by atoms with Crippen molar-refractivity contribution in [1.82, 2.24) is 13.7 Å². The number of hydrogen-bond acceptors (Lipinski definition) is 5. The average Bonchev–Trinajstić information content (AvgIpc) is 1.77. The van der Waals surface area contributed by atoms with E-state index in [1.165, 1.54) is 0 Å². The van der Waals surface area contributed by atoms with Gasteiger partial charge in [-0.25, -0.2) is 4.85 Å². The van der Waals surface area contributed by atoms with Gasteiger partial charge in [0.15, 0.2) is 0 Å². The van der Waals surface area contributed by atoms with E-state index in [1.54, 1.807) is 0 Å². The molecule has 7 heterocycles. The van der Waals surface area contributed by atoms with Crippen molar-refractivity contribution in [1.29, 1.82) is 5.26 Å². The van der Waals surface area contributed by atoms with E-state index in [2.05, 4.69) is 153 Å². The maximum absolute atomic E-state index is 12.8. The van der Waals surface area contributed by atoms with Crippen molar-refractivity contribution in [2.75, 3.05) is 0 Å². The summed E-state index contributed by atoms with van der Waals surface area (Å²) in [5, 5.41) is 26.0. The molecule has 0 aliphatic rings. The second-order valence-corrected chi connectivity index (χ2v) is 21.5. The molecule has 19 rings (SSSR count). The van der Waals surface area contributed by atoms with Gasteiger partial charge in [-0.05, 0) is 78.9 Å². The van der Waals surface area contributed by atoms with Crippen LogP contribution in [0, 0.1) is 17.9 Å². The molecule has 0 spiro atoms. The number of fused-ring (bicyclic) bond motifs is 24. The molecule has 0 fully saturated rings. The van der Waals surface area contributed by atoms with Gasteiger partial charge in [0.25, 0.3) is 0 Å². The minimum atomic E-state index is 0.257. The highest BCUT2D eigenvalue weighted by Gasteiger charge is 2.36. The second kappa shape index (κ2) is 16.0. The Bertz CT molecular complexity index is 6230. The molecular formula is C74H37N5O4. The lowest BCUT2D eigenvalue weighted by molar-refractivity contribution is 0.668. The minimum Gasteiger partial charge on any atom is -0.456 e. The van der Waals surface area contributed by atoms with Crippen LogP contribution in [0.15, 0.2) is 242 Å². The lowest BCUT2D eigenvalue weighted by atomic mass is 9.91. The summed E-state index contributed by atoms with van der Waals surface area (Å²) in [6.45, 7) is 10.1. The summed E-state index contributed by atoms with van der Waals surface area (Å²) in [5.74, 6) is 0. The molecule has 0 saturated carbocycles. The molecule has 0 amide bonds. The molecule has 83 heavy (non-hydrogen) atoms. The molecular weight excluding hydrogens is 1020 g/mol. The molecule has 19 aromatic rings. The normalized spacial score (nSPS) is 12.3. The third-order valence-electron chi connectivity index (χ3n) is 17.5. The first-order chi connectivity index (χ1) is 41.1. The Labute approximate surface area is 468 Å². The molecule has 9 heteroatoms. The van der Waals surface area contributed by atoms with Crippen LogP contribution in [0.5, 0.6) is 0 Å². The van der Waals surface area contributed by atoms with Crippen LogP contribution in [0.3, 0.4) is 0 Å². The highest BCUT2D eigenvalue weighted by molar-refractivity contribution is 6.29. The lowest BCUT2D eigenvalue weighted by Gasteiger charge is -2.27. The first-order valence-corrected chi connectivity index (χ1v) is 27.6. The van der Waals surface area contributed by atoms with E-state index in [0.29, 0.717) is 56.1 Å². The Morgan fingerprint density at radius 2 is 0.699 bits per heavy atom. The van der Waals surface area contributed by atoms with Crippen LogP contribution < -0.4 is 0 Å². The van der Waals surface area contributed by atoms with Gasteiger partial charge in [-0.1, -0.05) is 146 Å². The number of aromatic nitrogens is 3. The molecule has 9 nitrogen and oxygen atoms in total. The first-order valence-electron chi connectivity index (χ1n) is 27.6. The minimum absolute atomic E-state index is 0.257. The molecule has 382 valence electrons. The summed E-state index contributed by atoms with van der Waals surface area (Å²) in [5.41, 5.74) is 14.1. The Kier molecular flexibility index (Phi) is 8.48. The highest BCUT2D eigenvalue weighted by atomic mass is 16.3. The maximum atomic E-state index is 12.8. The molecule has 0 unspecified atom stereocenters. The second-order valence-electron chi connectivity index (χ2n) is 21.5. The number of hydrogen-bond donors (Lipinski definition) is 0. The number of furan rings is 4. The molecule has 0 aliphatic heterocycles. The van der Waals surface area contributed by atoms with Crippen LogP contribution in [0.25, 0.3) is 186 Å². The van der Waals surface area contributed by atoms with Gasteiger partial charge in [0.1, 0.15) is 50.7 Å². The first kappa shape index (κ1) is 44.1. The van der Waals surface area contributed by atoms with Crippen LogP contribution in [-0.4, -0.2) is 13.7 Å². The zero-order valence-electron chi connectivity index (χ0n) is 43.7. The molecule has 0 radical (unpaired) electrons. The van der Waals surface area contributed by atoms with Crippen LogP contribution in [0.4, 0.5) is 5.69 Å². The van der Waals surface area contributed by atoms with Crippen LogP contribution >= 0.6 is 0 Å². The van der Waals surface area contributed by atoms with Gasteiger partial charge in [-0.3, -0.25) is 0 Å². The molecule has 7 aromatic heterocycles. The van der Waals surface area contributed by atoms with Gasteiger partial charge in [0, 0.05) is 70.4 Å². The van der Waals surface area contributed by atoms with E-state index in [0.717, 1.165) is 125 Å². The monoisotopic (exact) mass is 1060 g/mol. The standard InChI is InChI=1S/C74H37N5O4/c1-76-67-71(77-53-26-9-2-17-40(53)44-33-36-60-64(68(44)77)48-21-6-13-30-57(48)80-60)52(39-75)63(51-25-16-24-47-43-20-5-12-29-56(43)83-74(47)51)72(78-54-27-10-3-18-41(54)45-34-37-61-65(69(45)78)49-22-7-14-31-58(49)81-61)73(67)79-55-28-11-4-19-42(55)46-35-38-62-66(70(46)79)50-23-8-15-32-59(50)82-62/h2-38H. The zero-order valence-corrected chi connectivity index (χ0v) is 43.7. The fourth-order valence-corrected chi connectivity index (χ4v) is 14.3. The van der Waals surface area contributed by atoms with Gasteiger partial charge in [-0.2, -0.15) is 5.26 Å². The molecule has 12 aromatic carbocycles. The summed E-state index contributed by atoms with van der Waals surface area (Å²) < 4.78 is 34.3. The maximum Gasteiger partial charge on any atom is 0.237 e. The van der Waals surface area contributed by atoms with E-state index < -0.39 is 0 Å². The number of rotatable bonds is 4. The topological polar surface area (TPSA) is 95.5 Å². The Morgan fingerprint density at radius 3 is 1.14 bits per heavy atom. The smallest absolute Gasteiger partial charge is 0.237 e. The summed E-state index contributed by atoms with van der Waals surface area (Å²) in [6, 6.07) is 79.5. The SMILES string of the molecule is [C-]#[N+]c1c(-n2c3ccccc3c3ccc4oc5ccccc5c4c32)c(C#N)c(-c2cccc3c2oc2ccccc23)c(-n2c3ccccc3c3ccc4oc5ccccc5c4c32)c1-n1c2ccccc2c2ccc3oc4ccccc4c3c21. The number of benzene rings is 12. The van der Waals surface area contributed by atoms with E-state index >= 15 is 0 Å². The summed E-state index contributed by atoms with van der Waals surface area (Å²) >= 11 is 0. The van der Waals surface area contributed by atoms with Crippen molar-refractivity contribution in [3.8, 4) is 34.3 Å². The van der Waals surface area contributed by atoms with Crippen molar-refractivity contribution in [3.05, 3.63) is 241 Å². The molecule has 0 saturated heterocycles. The number of para-hydroxylation sites is 8. The summed E-state index contributed by atoms with van der Waals surface area (Å²) in [7, 11) is 0. The van der Waals surface area contributed by atoms with E-state index in [4.69, 9.17) is 22.5 Å². The lowest BCUT2D eigenvalue weighted by Crippen LogP contribution is -2.12. The van der Waals surface area contributed by atoms with Gasteiger partial charge in [0.2, 0.25) is 5.69 Å². The van der Waals surface area contributed by atoms with Gasteiger partial charge in [-0.15, -0.1) is 0 Å². The zero-order chi connectivity index (χ0) is 54.3. The van der Waals surface area contributed by atoms with Crippen molar-refractivity contribution in [2.45, 2.75) is 0 Å². The largest absolute Gasteiger partial charge is 0.456 e. The third kappa shape index (κ3) is 5.57. The number of nitrogens with zero attached hydrogens (tertiary/aromatic N) is 5. The highest BCUT2D eigenvalue weighted by Crippen LogP contribution is 2.55. The van der Waals surface area contributed by atoms with E-state index in [9.17, 15) is 11.8 Å². The fraction of sp³-hybridized carbons (Fsp3) is 0. The van der Waals surface area contributed by atoms with Crippen molar-refractivity contribution < 1.29 is 17.7 Å². The number of nitriles is 1. The van der Waals surface area contributed by atoms with Crippen molar-refractivity contribution >= 4 is 159 Å². The van der Waals surface area contributed by atoms with Gasteiger partial charge >= 0.3 is 0 Å². The molecule has 0 atom stereocenters. The molecule has 0 bridgehead atoms. The quantitative estimate of drug-likeness (QED) is 0.164. The fourth-order valence-electron chi connectivity index (χ4n) is 14.3. The average molecular weight is 1060 g/mol. The van der Waals surface area contributed by atoms with Gasteiger partial charge < -0.3 is 31.4 Å². The summed E-state index contributed by atoms with van der Waals surface area (Å²) in [6.07, 6.45) is 0. The Hall–Kier alpha value is -11.8. The van der Waals surface area contributed by atoms with Gasteiger partial charge in [0.05, 0.1) is 78.5 Å². The predicted octanol–water partition coefficient (Wildman–Crippen LogP) is 20.7.